The second kappa shape index (κ2) is 5.11. The molecule has 4 fully saturated rings. The van der Waals surface area contributed by atoms with E-state index in [9.17, 15) is 9.59 Å². The normalized spacial score (nSPS) is 40.8. The Morgan fingerprint density at radius 1 is 1.31 bits per heavy atom. The average molecular weight is 353 g/mol. The molecule has 0 radical (unpaired) electrons. The number of carbonyl (C=O) groups excluding carboxylic acids is 2. The van der Waals surface area contributed by atoms with Crippen molar-refractivity contribution in [3.8, 4) is 0 Å². The number of piperidine rings is 1. The number of cyclic esters (lactones) is 1. The zero-order valence-electron chi connectivity index (χ0n) is 15.7. The van der Waals surface area contributed by atoms with E-state index in [1.165, 1.54) is 17.5 Å². The van der Waals surface area contributed by atoms with Crippen molar-refractivity contribution in [2.75, 3.05) is 19.7 Å². The highest BCUT2D eigenvalue weighted by atomic mass is 16.5. The summed E-state index contributed by atoms with van der Waals surface area (Å²) in [7, 11) is 0. The molecule has 2 aliphatic heterocycles. The Balaban J connectivity index is 1.26. The van der Waals surface area contributed by atoms with Gasteiger partial charge < -0.3 is 9.64 Å². The number of fused-ring (bicyclic) bond motifs is 1. The van der Waals surface area contributed by atoms with Gasteiger partial charge in [-0.15, -0.1) is 0 Å². The first-order valence-electron chi connectivity index (χ1n) is 9.87. The molecule has 1 spiro atoms. The molecule has 1 amide bonds. The van der Waals surface area contributed by atoms with Crippen LogP contribution < -0.4 is 0 Å². The van der Waals surface area contributed by atoms with Crippen molar-refractivity contribution in [1.29, 1.82) is 0 Å². The van der Waals surface area contributed by atoms with Crippen LogP contribution >= 0.6 is 0 Å². The lowest BCUT2D eigenvalue weighted by Crippen LogP contribution is -2.51. The highest BCUT2D eigenvalue weighted by molar-refractivity contribution is 5.81. The summed E-state index contributed by atoms with van der Waals surface area (Å²) in [6, 6.07) is 8.91. The number of amides is 1. The molecule has 0 N–H and O–H groups in total. The van der Waals surface area contributed by atoms with E-state index in [0.717, 1.165) is 32.4 Å². The number of hydrogen-bond acceptors (Lipinski definition) is 3. The molecule has 0 unspecified atom stereocenters. The van der Waals surface area contributed by atoms with E-state index in [0.29, 0.717) is 18.9 Å². The van der Waals surface area contributed by atoms with Gasteiger partial charge in [0, 0.05) is 29.8 Å². The molecule has 4 nitrogen and oxygen atoms in total. The minimum Gasteiger partial charge on any atom is -0.465 e. The third-order valence-electron chi connectivity index (χ3n) is 7.72. The number of benzene rings is 1. The van der Waals surface area contributed by atoms with Crippen LogP contribution in [0.3, 0.4) is 0 Å². The Morgan fingerprint density at radius 2 is 2.12 bits per heavy atom. The Hall–Kier alpha value is -1.84. The maximum absolute atomic E-state index is 13.0. The zero-order chi connectivity index (χ0) is 18.2. The van der Waals surface area contributed by atoms with Crippen LogP contribution in [0.15, 0.2) is 24.3 Å². The molecule has 2 saturated carbocycles. The van der Waals surface area contributed by atoms with Crippen molar-refractivity contribution >= 4 is 11.9 Å². The van der Waals surface area contributed by atoms with Gasteiger partial charge in [0.15, 0.2) is 0 Å². The lowest BCUT2D eigenvalue weighted by molar-refractivity contribution is -0.145. The van der Waals surface area contributed by atoms with E-state index in [1.54, 1.807) is 0 Å². The van der Waals surface area contributed by atoms with Gasteiger partial charge in [-0.05, 0) is 43.6 Å². The number of nitrogens with zero attached hydrogens (tertiary/aromatic N) is 1. The minimum absolute atomic E-state index is 0.0258. The Labute approximate surface area is 154 Å². The first-order chi connectivity index (χ1) is 12.3. The number of likely N-dealkylation sites (tertiary alicyclic amines) is 1. The molecule has 138 valence electrons. The quantitative estimate of drug-likeness (QED) is 0.767. The molecule has 0 aromatic heterocycles. The maximum Gasteiger partial charge on any atom is 0.306 e. The lowest BCUT2D eigenvalue weighted by Gasteiger charge is -2.46. The van der Waals surface area contributed by atoms with Gasteiger partial charge >= 0.3 is 5.97 Å². The summed E-state index contributed by atoms with van der Waals surface area (Å²) in [6.45, 7) is 6.76. The van der Waals surface area contributed by atoms with Crippen LogP contribution in [0.1, 0.15) is 50.2 Å². The third kappa shape index (κ3) is 2.20. The second-order valence-electron chi connectivity index (χ2n) is 9.64. The average Bonchev–Trinajstić information content (AvgIpc) is 3.04. The molecule has 2 saturated heterocycles. The molecule has 5 rings (SSSR count). The van der Waals surface area contributed by atoms with Gasteiger partial charge in [0.1, 0.15) is 0 Å². The Kier molecular flexibility index (Phi) is 3.21. The summed E-state index contributed by atoms with van der Waals surface area (Å²) < 4.78 is 5.13. The smallest absolute Gasteiger partial charge is 0.306 e. The topological polar surface area (TPSA) is 46.6 Å². The summed E-state index contributed by atoms with van der Waals surface area (Å²) >= 11 is 0. The summed E-state index contributed by atoms with van der Waals surface area (Å²) in [4.78, 5) is 26.5. The standard InChI is InChI=1S/C22H27NO3/c1-15-4-3-5-17(8-15)22-6-7-23(13-20(22,2)12-22)19(25)16-9-21(10-16)11-18(24)26-14-21/h3-5,8,16H,6-7,9-14H2,1-2H3/t16?,20-,21?,22-/m1/s1. The van der Waals surface area contributed by atoms with E-state index in [1.807, 2.05) is 0 Å². The molecular weight excluding hydrogens is 326 g/mol. The highest BCUT2D eigenvalue weighted by Crippen LogP contribution is 2.68. The van der Waals surface area contributed by atoms with Crippen molar-refractivity contribution < 1.29 is 14.3 Å². The van der Waals surface area contributed by atoms with Crippen LogP contribution in [0, 0.1) is 23.7 Å². The van der Waals surface area contributed by atoms with Gasteiger partial charge in [0.05, 0.1) is 13.0 Å². The first-order valence-corrected chi connectivity index (χ1v) is 9.87. The summed E-state index contributed by atoms with van der Waals surface area (Å²) in [5.74, 6) is 0.307. The van der Waals surface area contributed by atoms with Gasteiger partial charge in [-0.2, -0.15) is 0 Å². The van der Waals surface area contributed by atoms with Gasteiger partial charge in [0.2, 0.25) is 5.91 Å². The zero-order valence-corrected chi connectivity index (χ0v) is 15.7. The minimum atomic E-state index is -0.0951. The van der Waals surface area contributed by atoms with Crippen LogP contribution in [-0.4, -0.2) is 36.5 Å². The van der Waals surface area contributed by atoms with Gasteiger partial charge in [-0.1, -0.05) is 36.8 Å². The summed E-state index contributed by atoms with van der Waals surface area (Å²) in [5, 5.41) is 0. The van der Waals surface area contributed by atoms with Crippen molar-refractivity contribution in [3.05, 3.63) is 35.4 Å². The van der Waals surface area contributed by atoms with Crippen LogP contribution in [0.4, 0.5) is 0 Å². The lowest BCUT2D eigenvalue weighted by atomic mass is 9.61. The van der Waals surface area contributed by atoms with Gasteiger partial charge in [-0.25, -0.2) is 0 Å². The van der Waals surface area contributed by atoms with Crippen LogP contribution in [-0.2, 0) is 19.7 Å². The monoisotopic (exact) mass is 353 g/mol. The molecular formula is C22H27NO3. The number of ether oxygens (including phenoxy) is 1. The SMILES string of the molecule is Cc1cccc([C@]23CCN(C(=O)C4CC5(COC(=O)C5)C4)C[C@@]2(C)C3)c1. The fraction of sp³-hybridized carbons (Fsp3) is 0.636. The van der Waals surface area contributed by atoms with E-state index in [2.05, 4.69) is 43.0 Å². The van der Waals surface area contributed by atoms with Gasteiger partial charge in [0.25, 0.3) is 0 Å². The van der Waals surface area contributed by atoms with Crippen molar-refractivity contribution in [1.82, 2.24) is 4.90 Å². The van der Waals surface area contributed by atoms with E-state index < -0.39 is 0 Å². The molecule has 26 heavy (non-hydrogen) atoms. The molecule has 2 atom stereocenters. The molecule has 4 aliphatic rings. The van der Waals surface area contributed by atoms with Crippen LogP contribution in [0.5, 0.6) is 0 Å². The third-order valence-corrected chi connectivity index (χ3v) is 7.72. The molecule has 1 aromatic carbocycles. The van der Waals surface area contributed by atoms with E-state index in [-0.39, 0.29) is 28.1 Å². The highest BCUT2D eigenvalue weighted by Gasteiger charge is 2.67. The van der Waals surface area contributed by atoms with Crippen molar-refractivity contribution in [3.63, 3.8) is 0 Å². The van der Waals surface area contributed by atoms with E-state index in [4.69, 9.17) is 4.74 Å². The molecule has 2 aliphatic carbocycles. The molecule has 4 heteroatoms. The second-order valence-corrected chi connectivity index (χ2v) is 9.64. The first kappa shape index (κ1) is 16.3. The molecule has 1 aromatic rings. The van der Waals surface area contributed by atoms with Crippen molar-refractivity contribution in [2.24, 2.45) is 16.7 Å². The predicted octanol–water partition coefficient (Wildman–Crippen LogP) is 3.22. The number of aryl methyl sites for hydroxylation is 1. The van der Waals surface area contributed by atoms with Gasteiger partial charge in [-0.3, -0.25) is 9.59 Å². The number of rotatable bonds is 2. The fourth-order valence-corrected chi connectivity index (χ4v) is 6.09. The molecule has 2 heterocycles. The van der Waals surface area contributed by atoms with Crippen LogP contribution in [0.25, 0.3) is 0 Å². The maximum atomic E-state index is 13.0. The van der Waals surface area contributed by atoms with Crippen LogP contribution in [0.2, 0.25) is 0 Å². The number of carbonyl (C=O) groups is 2. The number of hydrogen-bond donors (Lipinski definition) is 0. The Bertz CT molecular complexity index is 796. The Morgan fingerprint density at radius 3 is 2.77 bits per heavy atom. The summed E-state index contributed by atoms with van der Waals surface area (Å²) in [6.07, 6.45) is 4.41. The van der Waals surface area contributed by atoms with E-state index >= 15 is 0 Å². The summed E-state index contributed by atoms with van der Waals surface area (Å²) in [5.41, 5.74) is 3.22. The largest absolute Gasteiger partial charge is 0.465 e. The molecule has 0 bridgehead atoms. The number of esters is 1. The fourth-order valence-electron chi connectivity index (χ4n) is 6.09. The predicted molar refractivity (Wildman–Crippen MR) is 97.5 cm³/mol. The van der Waals surface area contributed by atoms with Crippen molar-refractivity contribution in [2.45, 2.75) is 51.4 Å².